The van der Waals surface area contributed by atoms with E-state index in [0.717, 1.165) is 11.1 Å². The lowest BCUT2D eigenvalue weighted by Crippen LogP contribution is -2.41. The van der Waals surface area contributed by atoms with Crippen LogP contribution in [-0.2, 0) is 9.53 Å². The fraction of sp³-hybridized carbons (Fsp3) is 0.462. The Morgan fingerprint density at radius 3 is 2.76 bits per heavy atom. The number of rotatable bonds is 6. The molecule has 1 unspecified atom stereocenters. The van der Waals surface area contributed by atoms with Crippen LogP contribution in [0.4, 0.5) is 0 Å². The summed E-state index contributed by atoms with van der Waals surface area (Å²) in [5.74, 6) is -0.897. The highest BCUT2D eigenvalue weighted by atomic mass is 16.5. The first-order valence-corrected chi connectivity index (χ1v) is 5.59. The lowest BCUT2D eigenvalue weighted by atomic mass is 10.1. The van der Waals surface area contributed by atoms with Gasteiger partial charge in [-0.05, 0) is 19.4 Å². The molecule has 0 aliphatic rings. The third-order valence-corrected chi connectivity index (χ3v) is 2.62. The Balaban J connectivity index is 2.69. The van der Waals surface area contributed by atoms with Crippen molar-refractivity contribution in [3.05, 3.63) is 35.4 Å². The quantitative estimate of drug-likeness (QED) is 0.791. The number of ether oxygens (including phenoxy) is 1. The molecule has 4 heteroatoms. The van der Waals surface area contributed by atoms with Crippen LogP contribution in [0.1, 0.15) is 24.1 Å². The molecule has 0 saturated carbocycles. The highest BCUT2D eigenvalue weighted by Crippen LogP contribution is 2.14. The minimum absolute atomic E-state index is 0.0221. The van der Waals surface area contributed by atoms with E-state index >= 15 is 0 Å². The summed E-state index contributed by atoms with van der Waals surface area (Å²) in [6.45, 7) is 4.12. The van der Waals surface area contributed by atoms with E-state index in [1.54, 1.807) is 0 Å². The summed E-state index contributed by atoms with van der Waals surface area (Å²) in [6, 6.07) is 7.30. The van der Waals surface area contributed by atoms with Gasteiger partial charge in [-0.1, -0.05) is 29.8 Å². The van der Waals surface area contributed by atoms with Gasteiger partial charge < -0.3 is 9.84 Å². The summed E-state index contributed by atoms with van der Waals surface area (Å²) < 4.78 is 4.88. The SMILES string of the molecule is COCC(N[C@H](C)c1cccc(C)c1)C(=O)O. The summed E-state index contributed by atoms with van der Waals surface area (Å²) in [5, 5.41) is 12.0. The second-order valence-corrected chi connectivity index (χ2v) is 4.15. The topological polar surface area (TPSA) is 58.6 Å². The summed E-state index contributed by atoms with van der Waals surface area (Å²) >= 11 is 0. The van der Waals surface area contributed by atoms with Crippen LogP contribution in [0.2, 0.25) is 0 Å². The van der Waals surface area contributed by atoms with E-state index in [1.165, 1.54) is 7.11 Å². The van der Waals surface area contributed by atoms with Gasteiger partial charge in [0.1, 0.15) is 6.04 Å². The van der Waals surface area contributed by atoms with Gasteiger partial charge in [0, 0.05) is 13.2 Å². The normalized spacial score (nSPS) is 14.3. The number of aliphatic carboxylic acids is 1. The van der Waals surface area contributed by atoms with E-state index in [1.807, 2.05) is 38.1 Å². The maximum atomic E-state index is 11.0. The summed E-state index contributed by atoms with van der Waals surface area (Å²) in [5.41, 5.74) is 2.24. The average molecular weight is 237 g/mol. The van der Waals surface area contributed by atoms with Crippen LogP contribution in [0.25, 0.3) is 0 Å². The molecule has 0 heterocycles. The van der Waals surface area contributed by atoms with E-state index in [4.69, 9.17) is 9.84 Å². The van der Waals surface area contributed by atoms with Crippen LogP contribution < -0.4 is 5.32 Å². The molecule has 0 bridgehead atoms. The number of hydrogen-bond acceptors (Lipinski definition) is 3. The molecule has 0 aromatic heterocycles. The Morgan fingerprint density at radius 2 is 2.24 bits per heavy atom. The molecule has 94 valence electrons. The predicted octanol–water partition coefficient (Wildman–Crippen LogP) is 1.75. The lowest BCUT2D eigenvalue weighted by molar-refractivity contribution is -0.141. The Kier molecular flexibility index (Phi) is 5.12. The number of carboxylic acid groups (broad SMARTS) is 1. The predicted molar refractivity (Wildman–Crippen MR) is 66.0 cm³/mol. The maximum absolute atomic E-state index is 11.0. The summed E-state index contributed by atoms with van der Waals surface area (Å²) in [6.07, 6.45) is 0. The van der Waals surface area contributed by atoms with Crippen LogP contribution in [-0.4, -0.2) is 30.8 Å². The molecule has 1 rings (SSSR count). The molecular formula is C13H19NO3. The molecule has 0 aliphatic carbocycles. The molecular weight excluding hydrogens is 218 g/mol. The van der Waals surface area contributed by atoms with E-state index < -0.39 is 12.0 Å². The summed E-state index contributed by atoms with van der Waals surface area (Å²) in [4.78, 5) is 11.0. The number of nitrogens with one attached hydrogen (secondary N) is 1. The van der Waals surface area contributed by atoms with Crippen molar-refractivity contribution in [1.82, 2.24) is 5.32 Å². The van der Waals surface area contributed by atoms with Gasteiger partial charge in [0.2, 0.25) is 0 Å². The van der Waals surface area contributed by atoms with E-state index in [-0.39, 0.29) is 12.6 Å². The molecule has 0 amide bonds. The van der Waals surface area contributed by atoms with E-state index in [2.05, 4.69) is 5.32 Å². The van der Waals surface area contributed by atoms with Gasteiger partial charge in [0.05, 0.1) is 6.61 Å². The van der Waals surface area contributed by atoms with Crippen molar-refractivity contribution in [2.24, 2.45) is 0 Å². The largest absolute Gasteiger partial charge is 0.480 e. The number of benzene rings is 1. The molecule has 2 atom stereocenters. The Hall–Kier alpha value is -1.39. The third kappa shape index (κ3) is 4.17. The van der Waals surface area contributed by atoms with Crippen LogP contribution in [0, 0.1) is 6.92 Å². The minimum Gasteiger partial charge on any atom is -0.480 e. The molecule has 4 nitrogen and oxygen atoms in total. The number of carbonyl (C=O) groups is 1. The van der Waals surface area contributed by atoms with Crippen LogP contribution in [0.5, 0.6) is 0 Å². The zero-order valence-corrected chi connectivity index (χ0v) is 10.4. The molecule has 0 radical (unpaired) electrons. The van der Waals surface area contributed by atoms with Crippen LogP contribution in [0.3, 0.4) is 0 Å². The molecule has 0 spiro atoms. The molecule has 17 heavy (non-hydrogen) atoms. The van der Waals surface area contributed by atoms with Crippen molar-refractivity contribution in [3.63, 3.8) is 0 Å². The van der Waals surface area contributed by atoms with Crippen molar-refractivity contribution in [2.45, 2.75) is 25.9 Å². The molecule has 2 N–H and O–H groups in total. The Morgan fingerprint density at radius 1 is 1.53 bits per heavy atom. The van der Waals surface area contributed by atoms with Crippen molar-refractivity contribution in [2.75, 3.05) is 13.7 Å². The van der Waals surface area contributed by atoms with Crippen molar-refractivity contribution < 1.29 is 14.6 Å². The lowest BCUT2D eigenvalue weighted by Gasteiger charge is -2.20. The molecule has 0 fully saturated rings. The van der Waals surface area contributed by atoms with Gasteiger partial charge in [-0.2, -0.15) is 0 Å². The highest BCUT2D eigenvalue weighted by Gasteiger charge is 2.19. The van der Waals surface area contributed by atoms with Crippen LogP contribution in [0.15, 0.2) is 24.3 Å². The molecule has 0 saturated heterocycles. The summed E-state index contributed by atoms with van der Waals surface area (Å²) in [7, 11) is 1.49. The van der Waals surface area contributed by atoms with Gasteiger partial charge in [-0.3, -0.25) is 10.1 Å². The van der Waals surface area contributed by atoms with Crippen molar-refractivity contribution in [1.29, 1.82) is 0 Å². The van der Waals surface area contributed by atoms with Crippen molar-refractivity contribution >= 4 is 5.97 Å². The fourth-order valence-corrected chi connectivity index (χ4v) is 1.69. The maximum Gasteiger partial charge on any atom is 0.323 e. The van der Waals surface area contributed by atoms with Gasteiger partial charge in [-0.25, -0.2) is 0 Å². The second-order valence-electron chi connectivity index (χ2n) is 4.15. The number of aryl methyl sites for hydroxylation is 1. The standard InChI is InChI=1S/C13H19NO3/c1-9-5-4-6-11(7-9)10(2)14-12(8-17-3)13(15)16/h4-7,10,12,14H,8H2,1-3H3,(H,15,16)/t10-,12?/m1/s1. The Labute approximate surface area is 102 Å². The second kappa shape index (κ2) is 6.37. The van der Waals surface area contributed by atoms with Gasteiger partial charge >= 0.3 is 5.97 Å². The molecule has 1 aromatic carbocycles. The van der Waals surface area contributed by atoms with E-state index in [0.29, 0.717) is 0 Å². The minimum atomic E-state index is -0.897. The van der Waals surface area contributed by atoms with Gasteiger partial charge in [0.15, 0.2) is 0 Å². The molecule has 1 aromatic rings. The Bertz CT molecular complexity index is 379. The van der Waals surface area contributed by atoms with Gasteiger partial charge in [-0.15, -0.1) is 0 Å². The van der Waals surface area contributed by atoms with Crippen molar-refractivity contribution in [3.8, 4) is 0 Å². The first-order valence-electron chi connectivity index (χ1n) is 5.59. The fourth-order valence-electron chi connectivity index (χ4n) is 1.69. The highest BCUT2D eigenvalue weighted by molar-refractivity contribution is 5.73. The zero-order chi connectivity index (χ0) is 12.8. The van der Waals surface area contributed by atoms with Gasteiger partial charge in [0.25, 0.3) is 0 Å². The number of methoxy groups -OCH3 is 1. The monoisotopic (exact) mass is 237 g/mol. The first kappa shape index (κ1) is 13.7. The molecule has 0 aliphatic heterocycles. The van der Waals surface area contributed by atoms with E-state index in [9.17, 15) is 4.79 Å². The zero-order valence-electron chi connectivity index (χ0n) is 10.4. The number of carboxylic acids is 1. The average Bonchev–Trinajstić information content (AvgIpc) is 2.28. The third-order valence-electron chi connectivity index (χ3n) is 2.62. The van der Waals surface area contributed by atoms with Crippen LogP contribution >= 0.6 is 0 Å². The number of hydrogen-bond donors (Lipinski definition) is 2. The smallest absolute Gasteiger partial charge is 0.323 e. The first-order chi connectivity index (χ1) is 8.04.